The van der Waals surface area contributed by atoms with Crippen LogP contribution in [0.4, 0.5) is 0 Å². The first-order valence-corrected chi connectivity index (χ1v) is 7.71. The number of rotatable bonds is 1. The number of hydrogen-bond acceptors (Lipinski definition) is 2. The molecule has 1 saturated heterocycles. The molecule has 2 heteroatoms. The first-order chi connectivity index (χ1) is 8.29. The molecule has 2 unspecified atom stereocenters. The van der Waals surface area contributed by atoms with Crippen molar-refractivity contribution in [3.63, 3.8) is 0 Å². The molecule has 3 aliphatic rings. The molecule has 1 aliphatic heterocycles. The van der Waals surface area contributed by atoms with Gasteiger partial charge in [0.25, 0.3) is 0 Å². The third-order valence-corrected chi connectivity index (χ3v) is 5.40. The monoisotopic (exact) mass is 237 g/mol. The Morgan fingerprint density at radius 1 is 0.824 bits per heavy atom. The molecule has 98 valence electrons. The van der Waals surface area contributed by atoms with Crippen molar-refractivity contribution in [1.82, 2.24) is 4.90 Å². The highest BCUT2D eigenvalue weighted by molar-refractivity contribution is 5.00. The van der Waals surface area contributed by atoms with Gasteiger partial charge < -0.3 is 5.11 Å². The topological polar surface area (TPSA) is 23.5 Å². The number of likely N-dealkylation sites (tertiary alicyclic amines) is 1. The van der Waals surface area contributed by atoms with Crippen LogP contribution in [0.25, 0.3) is 0 Å². The van der Waals surface area contributed by atoms with Crippen molar-refractivity contribution >= 4 is 0 Å². The van der Waals surface area contributed by atoms with Crippen molar-refractivity contribution in [1.29, 1.82) is 0 Å². The summed E-state index contributed by atoms with van der Waals surface area (Å²) < 4.78 is 0. The van der Waals surface area contributed by atoms with E-state index in [0.29, 0.717) is 11.5 Å². The average Bonchev–Trinajstić information content (AvgIpc) is 2.52. The Balaban J connectivity index is 1.56. The minimum atomic E-state index is -0.0431. The van der Waals surface area contributed by atoms with E-state index >= 15 is 0 Å². The van der Waals surface area contributed by atoms with E-state index in [2.05, 4.69) is 4.90 Å². The van der Waals surface area contributed by atoms with Crippen LogP contribution in [0.15, 0.2) is 0 Å². The molecule has 2 nitrogen and oxygen atoms in total. The number of nitrogens with zero attached hydrogens (tertiary/aromatic N) is 1. The molecule has 3 rings (SSSR count). The molecule has 0 aromatic heterocycles. The molecule has 2 aliphatic carbocycles. The van der Waals surface area contributed by atoms with Gasteiger partial charge in [-0.05, 0) is 31.1 Å². The molecule has 17 heavy (non-hydrogen) atoms. The van der Waals surface area contributed by atoms with Gasteiger partial charge in [-0.25, -0.2) is 0 Å². The van der Waals surface area contributed by atoms with Crippen LogP contribution >= 0.6 is 0 Å². The summed E-state index contributed by atoms with van der Waals surface area (Å²) in [6.45, 7) is 2.57. The second-order valence-electron chi connectivity index (χ2n) is 6.74. The predicted octanol–water partition coefficient (Wildman–Crippen LogP) is 2.95. The zero-order valence-corrected chi connectivity index (χ0v) is 11.0. The van der Waals surface area contributed by atoms with Gasteiger partial charge in [-0.3, -0.25) is 4.90 Å². The standard InChI is InChI=1S/C15H27NO/c17-14-8-4-1-3-7-13(14)16-11-15(12-16)9-5-2-6-10-15/h13-14,17H,1-12H2. The van der Waals surface area contributed by atoms with Gasteiger partial charge in [0.1, 0.15) is 0 Å². The molecule has 3 fully saturated rings. The number of hydrogen-bond donors (Lipinski definition) is 1. The Morgan fingerprint density at radius 3 is 2.24 bits per heavy atom. The molecule has 2 saturated carbocycles. The molecule has 0 amide bonds. The smallest absolute Gasteiger partial charge is 0.0695 e. The fraction of sp³-hybridized carbons (Fsp3) is 1.00. The SMILES string of the molecule is OC1CCCCCC1N1CC2(CCCCC2)C1. The molecule has 1 N–H and O–H groups in total. The lowest BCUT2D eigenvalue weighted by atomic mass is 9.68. The van der Waals surface area contributed by atoms with Crippen LogP contribution in [-0.4, -0.2) is 35.2 Å². The van der Waals surface area contributed by atoms with Crippen LogP contribution in [0.1, 0.15) is 64.2 Å². The van der Waals surface area contributed by atoms with Crippen molar-refractivity contribution in [3.8, 4) is 0 Å². The average molecular weight is 237 g/mol. The highest BCUT2D eigenvalue weighted by Gasteiger charge is 2.46. The zero-order valence-electron chi connectivity index (χ0n) is 11.0. The third-order valence-electron chi connectivity index (χ3n) is 5.40. The maximum absolute atomic E-state index is 10.2. The molecule has 0 aromatic carbocycles. The van der Waals surface area contributed by atoms with Crippen molar-refractivity contribution in [3.05, 3.63) is 0 Å². The molecular formula is C15H27NO. The van der Waals surface area contributed by atoms with Crippen molar-refractivity contribution in [2.75, 3.05) is 13.1 Å². The molecule has 0 radical (unpaired) electrons. The Kier molecular flexibility index (Phi) is 3.45. The lowest BCUT2D eigenvalue weighted by molar-refractivity contribution is -0.0873. The third kappa shape index (κ3) is 2.39. The van der Waals surface area contributed by atoms with E-state index < -0.39 is 0 Å². The van der Waals surface area contributed by atoms with E-state index in [1.807, 2.05) is 0 Å². The minimum absolute atomic E-state index is 0.0431. The zero-order chi connectivity index (χ0) is 11.7. The largest absolute Gasteiger partial charge is 0.391 e. The second-order valence-corrected chi connectivity index (χ2v) is 6.74. The predicted molar refractivity (Wildman–Crippen MR) is 70.0 cm³/mol. The quantitative estimate of drug-likeness (QED) is 0.709. The lowest BCUT2D eigenvalue weighted by Crippen LogP contribution is -2.62. The molecular weight excluding hydrogens is 210 g/mol. The highest BCUT2D eigenvalue weighted by atomic mass is 16.3. The van der Waals surface area contributed by atoms with Gasteiger partial charge in [0.2, 0.25) is 0 Å². The van der Waals surface area contributed by atoms with Crippen LogP contribution in [0, 0.1) is 5.41 Å². The highest BCUT2D eigenvalue weighted by Crippen LogP contribution is 2.45. The van der Waals surface area contributed by atoms with Crippen molar-refractivity contribution < 1.29 is 5.11 Å². The summed E-state index contributed by atoms with van der Waals surface area (Å²) >= 11 is 0. The molecule has 1 spiro atoms. The summed E-state index contributed by atoms with van der Waals surface area (Å²) in [5, 5.41) is 10.2. The number of aliphatic hydroxyl groups excluding tert-OH is 1. The summed E-state index contributed by atoms with van der Waals surface area (Å²) in [6, 6.07) is 0.491. The van der Waals surface area contributed by atoms with Gasteiger partial charge in [-0.1, -0.05) is 38.5 Å². The fourth-order valence-corrected chi connectivity index (χ4v) is 4.36. The fourth-order valence-electron chi connectivity index (χ4n) is 4.36. The Hall–Kier alpha value is -0.0800. The Morgan fingerprint density at radius 2 is 1.47 bits per heavy atom. The number of aliphatic hydroxyl groups is 1. The van der Waals surface area contributed by atoms with E-state index in [1.54, 1.807) is 0 Å². The molecule has 2 atom stereocenters. The van der Waals surface area contributed by atoms with Crippen LogP contribution in [0.2, 0.25) is 0 Å². The maximum atomic E-state index is 10.2. The lowest BCUT2D eigenvalue weighted by Gasteiger charge is -2.56. The van der Waals surface area contributed by atoms with Gasteiger partial charge in [-0.2, -0.15) is 0 Å². The van der Waals surface area contributed by atoms with E-state index in [9.17, 15) is 5.11 Å². The summed E-state index contributed by atoms with van der Waals surface area (Å²) in [5.74, 6) is 0. The van der Waals surface area contributed by atoms with E-state index in [4.69, 9.17) is 0 Å². The Labute approximate surface area is 105 Å². The van der Waals surface area contributed by atoms with Gasteiger partial charge in [0.15, 0.2) is 0 Å². The maximum Gasteiger partial charge on any atom is 0.0695 e. The van der Waals surface area contributed by atoms with Crippen molar-refractivity contribution in [2.24, 2.45) is 5.41 Å². The van der Waals surface area contributed by atoms with Crippen LogP contribution in [0.3, 0.4) is 0 Å². The molecule has 0 aromatic rings. The van der Waals surface area contributed by atoms with Gasteiger partial charge in [-0.15, -0.1) is 0 Å². The van der Waals surface area contributed by atoms with E-state index in [0.717, 1.165) is 6.42 Å². The normalized spacial score (nSPS) is 38.6. The summed E-state index contributed by atoms with van der Waals surface area (Å²) in [6.07, 6.45) is 13.4. The van der Waals surface area contributed by atoms with Crippen molar-refractivity contribution in [2.45, 2.75) is 76.4 Å². The van der Waals surface area contributed by atoms with Crippen LogP contribution in [0.5, 0.6) is 0 Å². The van der Waals surface area contributed by atoms with Gasteiger partial charge in [0.05, 0.1) is 6.10 Å². The first-order valence-electron chi connectivity index (χ1n) is 7.71. The molecule has 0 bridgehead atoms. The Bertz CT molecular complexity index is 252. The summed E-state index contributed by atoms with van der Waals surface area (Å²) in [5.41, 5.74) is 0.671. The van der Waals surface area contributed by atoms with Gasteiger partial charge >= 0.3 is 0 Å². The van der Waals surface area contributed by atoms with E-state index in [-0.39, 0.29) is 6.10 Å². The summed E-state index contributed by atoms with van der Waals surface area (Å²) in [4.78, 5) is 2.60. The second kappa shape index (κ2) is 4.89. The molecule has 1 heterocycles. The van der Waals surface area contributed by atoms with Gasteiger partial charge in [0, 0.05) is 19.1 Å². The van der Waals surface area contributed by atoms with E-state index in [1.165, 1.54) is 70.9 Å². The van der Waals surface area contributed by atoms with Crippen LogP contribution in [-0.2, 0) is 0 Å². The summed E-state index contributed by atoms with van der Waals surface area (Å²) in [7, 11) is 0. The first kappa shape index (κ1) is 12.0. The van der Waals surface area contributed by atoms with Crippen LogP contribution < -0.4 is 0 Å². The minimum Gasteiger partial charge on any atom is -0.391 e.